The van der Waals surface area contributed by atoms with Crippen molar-refractivity contribution in [1.29, 1.82) is 5.26 Å². The van der Waals surface area contributed by atoms with E-state index in [9.17, 15) is 0 Å². The number of pyridine rings is 1. The van der Waals surface area contributed by atoms with E-state index in [1.165, 1.54) is 0 Å². The molecule has 1 aromatic carbocycles. The number of rotatable bonds is 4. The van der Waals surface area contributed by atoms with Crippen molar-refractivity contribution in [2.75, 3.05) is 5.32 Å². The standard InChI is InChI=1S/C17H12ClN5O/c18-16-21-8-12(9-22-16)23-15-14-2-1-13(7-11(14)3-6-20-15)24-17(10-19)4-5-17/h1-3,6-9H,4-5H2,(H,20,23). The molecule has 0 saturated heterocycles. The smallest absolute Gasteiger partial charge is 0.222 e. The van der Waals surface area contributed by atoms with Gasteiger partial charge in [0.2, 0.25) is 5.28 Å². The maximum Gasteiger partial charge on any atom is 0.222 e. The van der Waals surface area contributed by atoms with Crippen molar-refractivity contribution in [3.8, 4) is 11.8 Å². The molecule has 0 unspecified atom stereocenters. The molecule has 3 aromatic rings. The van der Waals surface area contributed by atoms with E-state index in [-0.39, 0.29) is 5.28 Å². The Labute approximate surface area is 143 Å². The zero-order valence-electron chi connectivity index (χ0n) is 12.5. The highest BCUT2D eigenvalue weighted by Gasteiger charge is 2.46. The minimum atomic E-state index is -0.636. The Hall–Kier alpha value is -2.91. The molecular weight excluding hydrogens is 326 g/mol. The number of anilines is 2. The van der Waals surface area contributed by atoms with Gasteiger partial charge in [-0.2, -0.15) is 5.26 Å². The fourth-order valence-corrected chi connectivity index (χ4v) is 2.51. The minimum absolute atomic E-state index is 0.194. The highest BCUT2D eigenvalue weighted by Crippen LogP contribution is 2.40. The van der Waals surface area contributed by atoms with Crippen LogP contribution in [0.4, 0.5) is 11.5 Å². The second-order valence-corrected chi connectivity index (χ2v) is 5.95. The van der Waals surface area contributed by atoms with Crippen molar-refractivity contribution >= 4 is 33.9 Å². The number of nitriles is 1. The Bertz CT molecular complexity index is 947. The third-order valence-electron chi connectivity index (χ3n) is 3.84. The monoisotopic (exact) mass is 337 g/mol. The largest absolute Gasteiger partial charge is 0.472 e. The number of hydrogen-bond acceptors (Lipinski definition) is 6. The first-order chi connectivity index (χ1) is 11.7. The zero-order valence-corrected chi connectivity index (χ0v) is 13.3. The maximum atomic E-state index is 9.14. The molecule has 0 spiro atoms. The van der Waals surface area contributed by atoms with E-state index < -0.39 is 5.60 Å². The van der Waals surface area contributed by atoms with Crippen LogP contribution in [0.1, 0.15) is 12.8 Å². The summed E-state index contributed by atoms with van der Waals surface area (Å²) in [4.78, 5) is 12.2. The Kier molecular flexibility index (Phi) is 3.44. The summed E-state index contributed by atoms with van der Waals surface area (Å²) < 4.78 is 5.80. The molecule has 2 aromatic heterocycles. The fraction of sp³-hybridized carbons (Fsp3) is 0.176. The van der Waals surface area contributed by atoms with Gasteiger partial charge < -0.3 is 10.1 Å². The van der Waals surface area contributed by atoms with Gasteiger partial charge in [0.15, 0.2) is 5.60 Å². The molecule has 4 rings (SSSR count). The molecule has 1 saturated carbocycles. The van der Waals surface area contributed by atoms with Gasteiger partial charge in [-0.3, -0.25) is 0 Å². The van der Waals surface area contributed by atoms with Crippen LogP contribution in [0.15, 0.2) is 42.9 Å². The van der Waals surface area contributed by atoms with E-state index in [1.54, 1.807) is 18.6 Å². The number of nitrogens with zero attached hydrogens (tertiary/aromatic N) is 4. The van der Waals surface area contributed by atoms with Crippen LogP contribution in [-0.2, 0) is 0 Å². The van der Waals surface area contributed by atoms with Crippen molar-refractivity contribution in [3.05, 3.63) is 48.1 Å². The molecular formula is C17H12ClN5O. The molecule has 0 atom stereocenters. The molecule has 2 heterocycles. The van der Waals surface area contributed by atoms with Gasteiger partial charge in [-0.15, -0.1) is 0 Å². The molecule has 7 heteroatoms. The maximum absolute atomic E-state index is 9.14. The minimum Gasteiger partial charge on any atom is -0.472 e. The lowest BCUT2D eigenvalue weighted by molar-refractivity contribution is 0.237. The molecule has 118 valence electrons. The van der Waals surface area contributed by atoms with Gasteiger partial charge in [-0.1, -0.05) is 0 Å². The van der Waals surface area contributed by atoms with Crippen LogP contribution >= 0.6 is 11.6 Å². The SMILES string of the molecule is N#CC1(Oc2ccc3c(Nc4cnc(Cl)nc4)nccc3c2)CC1. The van der Waals surface area contributed by atoms with Gasteiger partial charge in [0.1, 0.15) is 17.6 Å². The lowest BCUT2D eigenvalue weighted by Crippen LogP contribution is -2.14. The van der Waals surface area contributed by atoms with Crippen LogP contribution < -0.4 is 10.1 Å². The Morgan fingerprint density at radius 3 is 2.67 bits per heavy atom. The molecule has 1 fully saturated rings. The Morgan fingerprint density at radius 1 is 1.17 bits per heavy atom. The number of benzene rings is 1. The number of nitrogens with one attached hydrogen (secondary N) is 1. The summed E-state index contributed by atoms with van der Waals surface area (Å²) in [6, 6.07) is 9.81. The van der Waals surface area contributed by atoms with Gasteiger partial charge in [0.25, 0.3) is 0 Å². The first-order valence-electron chi connectivity index (χ1n) is 7.41. The van der Waals surface area contributed by atoms with E-state index in [1.807, 2.05) is 24.3 Å². The number of ether oxygens (including phenoxy) is 1. The second kappa shape index (κ2) is 5.62. The van der Waals surface area contributed by atoms with E-state index >= 15 is 0 Å². The summed E-state index contributed by atoms with van der Waals surface area (Å²) in [5.74, 6) is 1.37. The van der Waals surface area contributed by atoms with Crippen LogP contribution in [0.2, 0.25) is 5.28 Å². The van der Waals surface area contributed by atoms with E-state index in [4.69, 9.17) is 21.6 Å². The predicted octanol–water partition coefficient (Wildman–Crippen LogP) is 3.86. The van der Waals surface area contributed by atoms with Crippen molar-refractivity contribution in [2.24, 2.45) is 0 Å². The molecule has 0 radical (unpaired) electrons. The predicted molar refractivity (Wildman–Crippen MR) is 90.3 cm³/mol. The molecule has 0 aliphatic heterocycles. The lowest BCUT2D eigenvalue weighted by Gasteiger charge is -2.12. The van der Waals surface area contributed by atoms with E-state index in [0.717, 1.165) is 23.6 Å². The number of hydrogen-bond donors (Lipinski definition) is 1. The van der Waals surface area contributed by atoms with Crippen molar-refractivity contribution in [3.63, 3.8) is 0 Å². The molecule has 0 bridgehead atoms. The van der Waals surface area contributed by atoms with Crippen LogP contribution in [0, 0.1) is 11.3 Å². The van der Waals surface area contributed by atoms with Crippen LogP contribution in [0.5, 0.6) is 5.75 Å². The average Bonchev–Trinajstić information content (AvgIpc) is 3.37. The first-order valence-corrected chi connectivity index (χ1v) is 7.79. The molecule has 1 N–H and O–H groups in total. The third-order valence-corrected chi connectivity index (χ3v) is 4.04. The fourth-order valence-electron chi connectivity index (χ4n) is 2.41. The Morgan fingerprint density at radius 2 is 1.96 bits per heavy atom. The quantitative estimate of drug-likeness (QED) is 0.728. The number of halogens is 1. The average molecular weight is 338 g/mol. The summed E-state index contributed by atoms with van der Waals surface area (Å²) in [5, 5.41) is 14.4. The topological polar surface area (TPSA) is 83.7 Å². The van der Waals surface area contributed by atoms with Gasteiger partial charge in [0.05, 0.1) is 18.1 Å². The van der Waals surface area contributed by atoms with Crippen LogP contribution in [0.3, 0.4) is 0 Å². The van der Waals surface area contributed by atoms with E-state index in [2.05, 4.69) is 26.3 Å². The van der Waals surface area contributed by atoms with Gasteiger partial charge in [-0.25, -0.2) is 15.0 Å². The van der Waals surface area contributed by atoms with E-state index in [0.29, 0.717) is 17.3 Å². The van der Waals surface area contributed by atoms with Crippen molar-refractivity contribution in [1.82, 2.24) is 15.0 Å². The first kappa shape index (κ1) is 14.7. The highest BCUT2D eigenvalue weighted by molar-refractivity contribution is 6.28. The van der Waals surface area contributed by atoms with Gasteiger partial charge >= 0.3 is 0 Å². The van der Waals surface area contributed by atoms with Crippen molar-refractivity contribution in [2.45, 2.75) is 18.4 Å². The summed E-state index contributed by atoms with van der Waals surface area (Å²) in [7, 11) is 0. The second-order valence-electron chi connectivity index (χ2n) is 5.62. The Balaban J connectivity index is 1.65. The van der Waals surface area contributed by atoms with Gasteiger partial charge in [0, 0.05) is 24.4 Å². The summed E-state index contributed by atoms with van der Waals surface area (Å²) >= 11 is 5.69. The number of fused-ring (bicyclic) bond motifs is 1. The lowest BCUT2D eigenvalue weighted by atomic mass is 10.1. The summed E-state index contributed by atoms with van der Waals surface area (Å²) in [5.41, 5.74) is 0.0590. The molecule has 1 aliphatic carbocycles. The molecule has 1 aliphatic rings. The normalized spacial score (nSPS) is 14.8. The zero-order chi connectivity index (χ0) is 16.6. The molecule has 6 nitrogen and oxygen atoms in total. The molecule has 24 heavy (non-hydrogen) atoms. The van der Waals surface area contributed by atoms with Gasteiger partial charge in [-0.05, 0) is 41.3 Å². The van der Waals surface area contributed by atoms with Crippen LogP contribution in [-0.4, -0.2) is 20.6 Å². The number of aromatic nitrogens is 3. The highest BCUT2D eigenvalue weighted by atomic mass is 35.5. The molecule has 0 amide bonds. The summed E-state index contributed by atoms with van der Waals surface area (Å²) in [6.07, 6.45) is 6.46. The third kappa shape index (κ3) is 2.82. The van der Waals surface area contributed by atoms with Crippen molar-refractivity contribution < 1.29 is 4.74 Å². The van der Waals surface area contributed by atoms with Crippen LogP contribution in [0.25, 0.3) is 10.8 Å². The summed E-state index contributed by atoms with van der Waals surface area (Å²) in [6.45, 7) is 0.